The van der Waals surface area contributed by atoms with Gasteiger partial charge in [0.1, 0.15) is 0 Å². The van der Waals surface area contributed by atoms with Gasteiger partial charge in [0.25, 0.3) is 0 Å². The van der Waals surface area contributed by atoms with Gasteiger partial charge in [-0.05, 0) is 0 Å². The molecule has 0 aliphatic rings. The van der Waals surface area contributed by atoms with Crippen LogP contribution in [0, 0.1) is 0 Å². The van der Waals surface area contributed by atoms with E-state index in [0.717, 1.165) is 0 Å². The summed E-state index contributed by atoms with van der Waals surface area (Å²) in [5.74, 6) is 0. The number of rotatable bonds is 0. The summed E-state index contributed by atoms with van der Waals surface area (Å²) in [6.07, 6.45) is -4.00. The summed E-state index contributed by atoms with van der Waals surface area (Å²) in [6, 6.07) is 0. The van der Waals surface area contributed by atoms with Crippen molar-refractivity contribution < 1.29 is 13.9 Å². The van der Waals surface area contributed by atoms with Crippen molar-refractivity contribution in [2.45, 2.75) is 6.23 Å². The molecule has 0 aromatic heterocycles. The van der Waals surface area contributed by atoms with Crippen molar-refractivity contribution in [3.05, 3.63) is 0 Å². The topological polar surface area (TPSA) is 46.2 Å². The number of aliphatic hydroxyl groups is 1. The van der Waals surface area contributed by atoms with E-state index in [4.69, 9.17) is 5.11 Å². The zero-order valence-electron chi connectivity index (χ0n) is 2.28. The first-order chi connectivity index (χ1) is 2.00. The highest BCUT2D eigenvalue weighted by Gasteiger charge is 2.12. The molecule has 0 aromatic carbocycles. The summed E-state index contributed by atoms with van der Waals surface area (Å²) in [5, 5.41) is 6.97. The highest BCUT2D eigenvalue weighted by atomic mass is 19.3. The van der Waals surface area contributed by atoms with Crippen LogP contribution in [-0.4, -0.2) is 11.3 Å². The second kappa shape index (κ2) is 0.874. The summed E-state index contributed by atoms with van der Waals surface area (Å²) < 4.78 is 20.7. The molecule has 0 rings (SSSR count). The maximum atomic E-state index is 10.4. The molecule has 0 saturated heterocycles. The molecule has 2 nitrogen and oxygen atoms in total. The quantitative estimate of drug-likeness (QED) is 0.306. The smallest absolute Gasteiger partial charge is 0.323 e. The Bertz CT molecular complexity index is 25.1. The predicted octanol–water partition coefficient (Wildman–Crippen LogP) is -0.512. The molecule has 4 heteroatoms. The number of hydrogen-bond acceptors (Lipinski definition) is 2. The van der Waals surface area contributed by atoms with E-state index < -0.39 is 6.23 Å². The van der Waals surface area contributed by atoms with Gasteiger partial charge in [0, 0.05) is 0 Å². The monoisotopic (exact) mass is 83.0 g/mol. The predicted molar refractivity (Wildman–Crippen MR) is 11.4 cm³/mol. The summed E-state index contributed by atoms with van der Waals surface area (Å²) in [7, 11) is 0. The molecule has 0 heterocycles. The maximum absolute atomic E-state index is 10.4. The lowest BCUT2D eigenvalue weighted by Crippen LogP contribution is -2.26. The molecule has 0 fully saturated rings. The number of alkyl halides is 2. The summed E-state index contributed by atoms with van der Waals surface area (Å²) in [5.41, 5.74) is 3.58. The van der Waals surface area contributed by atoms with Crippen LogP contribution in [0.25, 0.3) is 0 Å². The zero-order valence-corrected chi connectivity index (χ0v) is 2.28. The third-order valence-corrected chi connectivity index (χ3v) is 0. The molecule has 0 spiro atoms. The van der Waals surface area contributed by atoms with Crippen LogP contribution in [0.3, 0.4) is 0 Å². The lowest BCUT2D eigenvalue weighted by molar-refractivity contribution is -0.192. The van der Waals surface area contributed by atoms with E-state index in [-0.39, 0.29) is 0 Å². The number of halogens is 2. The van der Waals surface area contributed by atoms with E-state index in [9.17, 15) is 8.78 Å². The van der Waals surface area contributed by atoms with Crippen LogP contribution in [0.15, 0.2) is 0 Å². The first kappa shape index (κ1) is 4.78. The van der Waals surface area contributed by atoms with Gasteiger partial charge in [0.15, 0.2) is 0 Å². The van der Waals surface area contributed by atoms with Gasteiger partial charge in [-0.2, -0.15) is 8.78 Å². The van der Waals surface area contributed by atoms with E-state index in [2.05, 4.69) is 5.73 Å². The van der Waals surface area contributed by atoms with Gasteiger partial charge in [0.2, 0.25) is 0 Å². The van der Waals surface area contributed by atoms with Gasteiger partial charge in [-0.3, -0.25) is 0 Å². The number of nitrogens with two attached hydrogens (primary N) is 1. The first-order valence-corrected chi connectivity index (χ1v) is 0.890. The van der Waals surface area contributed by atoms with Crippen molar-refractivity contribution in [3.8, 4) is 0 Å². The minimum atomic E-state index is -4.00. The van der Waals surface area contributed by atoms with Crippen molar-refractivity contribution >= 4 is 0 Å². The van der Waals surface area contributed by atoms with Crippen LogP contribution in [-0.2, 0) is 0 Å². The van der Waals surface area contributed by atoms with Gasteiger partial charge in [0.05, 0.1) is 0 Å². The number of hydrogen-bond donors (Lipinski definition) is 2. The van der Waals surface area contributed by atoms with E-state index in [1.165, 1.54) is 0 Å². The molecule has 0 aromatic rings. The average Bonchev–Trinajstić information content (AvgIpc) is 0.722. The molecule has 0 aliphatic heterocycles. The lowest BCUT2D eigenvalue weighted by atomic mass is 11.2. The minimum absolute atomic E-state index is 3.58. The molecule has 5 heavy (non-hydrogen) atoms. The van der Waals surface area contributed by atoms with Crippen molar-refractivity contribution in [3.63, 3.8) is 0 Å². The molecular weight excluding hydrogens is 80.0 g/mol. The first-order valence-electron chi connectivity index (χ1n) is 0.890. The fourth-order valence-electron chi connectivity index (χ4n) is 0. The largest absolute Gasteiger partial charge is 0.417 e. The van der Waals surface area contributed by atoms with Crippen LogP contribution in [0.2, 0.25) is 0 Å². The summed E-state index contributed by atoms with van der Waals surface area (Å²) in [6.45, 7) is 0. The molecule has 0 amide bonds. The lowest BCUT2D eigenvalue weighted by Gasteiger charge is -1.93. The Morgan fingerprint density at radius 3 is 1.60 bits per heavy atom. The SMILES string of the molecule is NC(O)(F)F. The second-order valence-electron chi connectivity index (χ2n) is 0.588. The Morgan fingerprint density at radius 2 is 1.60 bits per heavy atom. The Labute approximate surface area is 27.2 Å². The Morgan fingerprint density at radius 1 is 1.60 bits per heavy atom. The summed E-state index contributed by atoms with van der Waals surface area (Å²) in [4.78, 5) is 0. The highest BCUT2D eigenvalue weighted by molar-refractivity contribution is 4.19. The van der Waals surface area contributed by atoms with E-state index in [1.54, 1.807) is 0 Å². The Hall–Kier alpha value is -0.220. The zero-order chi connectivity index (χ0) is 4.50. The van der Waals surface area contributed by atoms with Crippen molar-refractivity contribution in [2.24, 2.45) is 5.73 Å². The maximum Gasteiger partial charge on any atom is 0.417 e. The van der Waals surface area contributed by atoms with Crippen LogP contribution >= 0.6 is 0 Å². The molecule has 0 radical (unpaired) electrons. The van der Waals surface area contributed by atoms with E-state index in [0.29, 0.717) is 0 Å². The molecular formula is CH3F2NO. The third-order valence-electron chi connectivity index (χ3n) is 0. The second-order valence-corrected chi connectivity index (χ2v) is 0.588. The molecule has 0 bridgehead atoms. The van der Waals surface area contributed by atoms with Crippen molar-refractivity contribution in [2.75, 3.05) is 0 Å². The van der Waals surface area contributed by atoms with Gasteiger partial charge in [-0.15, -0.1) is 0 Å². The van der Waals surface area contributed by atoms with Crippen LogP contribution < -0.4 is 5.73 Å². The fraction of sp³-hybridized carbons (Fsp3) is 1.00. The van der Waals surface area contributed by atoms with Crippen LogP contribution in [0.4, 0.5) is 8.78 Å². The van der Waals surface area contributed by atoms with Crippen LogP contribution in [0.5, 0.6) is 0 Å². The van der Waals surface area contributed by atoms with E-state index >= 15 is 0 Å². The molecule has 0 unspecified atom stereocenters. The standard InChI is InChI=1S/CH3F2NO/c2-1(3,4)5/h5H,4H2. The molecule has 3 N–H and O–H groups in total. The highest BCUT2D eigenvalue weighted by Crippen LogP contribution is 1.92. The van der Waals surface area contributed by atoms with Gasteiger partial charge in [-0.25, -0.2) is 5.73 Å². The Balaban J connectivity index is 3.02. The molecule has 0 atom stereocenters. The van der Waals surface area contributed by atoms with Crippen molar-refractivity contribution in [1.29, 1.82) is 0 Å². The fourth-order valence-corrected chi connectivity index (χ4v) is 0. The molecule has 0 saturated carbocycles. The molecule has 0 aliphatic carbocycles. The molecule has 32 valence electrons. The minimum Gasteiger partial charge on any atom is -0.323 e. The van der Waals surface area contributed by atoms with Gasteiger partial charge in [-0.1, -0.05) is 0 Å². The third kappa shape index (κ3) is 247. The Kier molecular flexibility index (Phi) is 0.836. The normalized spacial score (nSPS) is 12.0. The summed E-state index contributed by atoms with van der Waals surface area (Å²) >= 11 is 0. The average molecular weight is 83.0 g/mol. The van der Waals surface area contributed by atoms with Gasteiger partial charge >= 0.3 is 6.23 Å². The van der Waals surface area contributed by atoms with E-state index in [1.807, 2.05) is 0 Å². The van der Waals surface area contributed by atoms with Crippen molar-refractivity contribution in [1.82, 2.24) is 0 Å². The van der Waals surface area contributed by atoms with Crippen LogP contribution in [0.1, 0.15) is 0 Å². The van der Waals surface area contributed by atoms with Gasteiger partial charge < -0.3 is 5.11 Å².